The second kappa shape index (κ2) is 7.63. The van der Waals surface area contributed by atoms with E-state index in [2.05, 4.69) is 10.7 Å². The fraction of sp³-hybridized carbons (Fsp3) is 0.500. The van der Waals surface area contributed by atoms with Gasteiger partial charge in [-0.2, -0.15) is 5.01 Å². The van der Waals surface area contributed by atoms with Crippen LogP contribution in [-0.4, -0.2) is 46.9 Å². The zero-order valence-electron chi connectivity index (χ0n) is 14.8. The van der Waals surface area contributed by atoms with Gasteiger partial charge in [-0.1, -0.05) is 43.0 Å². The molecule has 0 bridgehead atoms. The Labute approximate surface area is 157 Å². The van der Waals surface area contributed by atoms with E-state index in [9.17, 15) is 14.4 Å². The van der Waals surface area contributed by atoms with E-state index in [1.165, 1.54) is 0 Å². The van der Waals surface area contributed by atoms with Crippen LogP contribution in [0.25, 0.3) is 0 Å². The van der Waals surface area contributed by atoms with Crippen LogP contribution in [-0.2, 0) is 16.1 Å². The molecular formula is C18H23ClN4O3. The number of carbonyl (C=O) groups is 3. The zero-order valence-corrected chi connectivity index (χ0v) is 15.5. The SMILES string of the molecule is CN(CC(=O)NN1C(=O)NC2(CCCCC2)C1=O)Cc1ccc(Cl)cc1. The fourth-order valence-corrected chi connectivity index (χ4v) is 3.70. The Morgan fingerprint density at radius 3 is 2.54 bits per heavy atom. The molecule has 2 N–H and O–H groups in total. The van der Waals surface area contributed by atoms with Crippen molar-refractivity contribution in [1.82, 2.24) is 20.7 Å². The average molecular weight is 379 g/mol. The van der Waals surface area contributed by atoms with Crippen molar-refractivity contribution in [3.63, 3.8) is 0 Å². The number of nitrogens with zero attached hydrogens (tertiary/aromatic N) is 2. The monoisotopic (exact) mass is 378 g/mol. The smallest absolute Gasteiger partial charge is 0.322 e. The average Bonchev–Trinajstić information content (AvgIpc) is 2.81. The highest BCUT2D eigenvalue weighted by atomic mass is 35.5. The van der Waals surface area contributed by atoms with Crippen molar-refractivity contribution in [1.29, 1.82) is 0 Å². The normalized spacial score (nSPS) is 19.1. The molecule has 7 nitrogen and oxygen atoms in total. The Hall–Kier alpha value is -2.12. The number of benzene rings is 1. The van der Waals surface area contributed by atoms with Crippen molar-refractivity contribution in [3.8, 4) is 0 Å². The molecular weight excluding hydrogens is 356 g/mol. The quantitative estimate of drug-likeness (QED) is 0.768. The van der Waals surface area contributed by atoms with Gasteiger partial charge in [0, 0.05) is 11.6 Å². The van der Waals surface area contributed by atoms with Crippen molar-refractivity contribution in [2.75, 3.05) is 13.6 Å². The summed E-state index contributed by atoms with van der Waals surface area (Å²) in [5.41, 5.74) is 2.63. The summed E-state index contributed by atoms with van der Waals surface area (Å²) in [6.45, 7) is 0.612. The molecule has 1 spiro atoms. The number of hydrazine groups is 1. The summed E-state index contributed by atoms with van der Waals surface area (Å²) in [4.78, 5) is 38.9. The Morgan fingerprint density at radius 2 is 1.88 bits per heavy atom. The summed E-state index contributed by atoms with van der Waals surface area (Å²) < 4.78 is 0. The molecule has 2 aliphatic rings. The molecule has 0 atom stereocenters. The van der Waals surface area contributed by atoms with Crippen LogP contribution in [0.2, 0.25) is 5.02 Å². The number of rotatable bonds is 5. The van der Waals surface area contributed by atoms with Gasteiger partial charge in [0.2, 0.25) is 0 Å². The lowest BCUT2D eigenvalue weighted by Gasteiger charge is -2.30. The number of amides is 4. The van der Waals surface area contributed by atoms with Crippen LogP contribution < -0.4 is 10.7 Å². The third-order valence-electron chi connectivity index (χ3n) is 4.88. The second-order valence-corrected chi connectivity index (χ2v) is 7.48. The first-order valence-corrected chi connectivity index (χ1v) is 9.17. The van der Waals surface area contributed by atoms with Crippen LogP contribution >= 0.6 is 11.6 Å². The van der Waals surface area contributed by atoms with Crippen LogP contribution in [0.5, 0.6) is 0 Å². The Kier molecular flexibility index (Phi) is 5.48. The number of nitrogens with one attached hydrogen (secondary N) is 2. The summed E-state index contributed by atoms with van der Waals surface area (Å²) in [5.74, 6) is -0.756. The summed E-state index contributed by atoms with van der Waals surface area (Å²) in [7, 11) is 1.79. The second-order valence-electron chi connectivity index (χ2n) is 7.05. The van der Waals surface area contributed by atoms with Crippen molar-refractivity contribution in [2.45, 2.75) is 44.2 Å². The highest BCUT2D eigenvalue weighted by Gasteiger charge is 2.52. The van der Waals surface area contributed by atoms with Gasteiger partial charge in [-0.15, -0.1) is 0 Å². The molecule has 0 aromatic heterocycles. The molecule has 4 amide bonds. The van der Waals surface area contributed by atoms with Gasteiger partial charge < -0.3 is 5.32 Å². The summed E-state index contributed by atoms with van der Waals surface area (Å²) >= 11 is 5.86. The van der Waals surface area contributed by atoms with Crippen LogP contribution in [0.1, 0.15) is 37.7 Å². The van der Waals surface area contributed by atoms with Crippen LogP contribution in [0.15, 0.2) is 24.3 Å². The van der Waals surface area contributed by atoms with Gasteiger partial charge in [-0.3, -0.25) is 19.9 Å². The molecule has 26 heavy (non-hydrogen) atoms. The third kappa shape index (κ3) is 3.99. The maximum atomic E-state index is 12.6. The van der Waals surface area contributed by atoms with E-state index in [1.807, 2.05) is 12.1 Å². The number of likely N-dealkylation sites (N-methyl/N-ethyl adjacent to an activating group) is 1. The van der Waals surface area contributed by atoms with E-state index in [0.29, 0.717) is 24.4 Å². The van der Waals surface area contributed by atoms with Crippen molar-refractivity contribution >= 4 is 29.4 Å². The third-order valence-corrected chi connectivity index (χ3v) is 5.14. The minimum atomic E-state index is -0.835. The van der Waals surface area contributed by atoms with Gasteiger partial charge in [0.25, 0.3) is 11.8 Å². The van der Waals surface area contributed by atoms with E-state index < -0.39 is 17.5 Å². The van der Waals surface area contributed by atoms with E-state index in [1.54, 1.807) is 24.1 Å². The molecule has 1 saturated heterocycles. The van der Waals surface area contributed by atoms with Gasteiger partial charge in [0.05, 0.1) is 6.54 Å². The van der Waals surface area contributed by atoms with E-state index >= 15 is 0 Å². The Balaban J connectivity index is 1.54. The van der Waals surface area contributed by atoms with Gasteiger partial charge in [-0.05, 0) is 37.6 Å². The van der Waals surface area contributed by atoms with Crippen molar-refractivity contribution < 1.29 is 14.4 Å². The van der Waals surface area contributed by atoms with E-state index in [-0.39, 0.29) is 12.5 Å². The molecule has 1 aromatic carbocycles. The number of hydrogen-bond acceptors (Lipinski definition) is 4. The maximum Gasteiger partial charge on any atom is 0.344 e. The minimum absolute atomic E-state index is 0.0622. The maximum absolute atomic E-state index is 12.6. The lowest BCUT2D eigenvalue weighted by molar-refractivity contribution is -0.140. The molecule has 1 heterocycles. The number of urea groups is 1. The number of imide groups is 1. The molecule has 1 aliphatic heterocycles. The number of hydrogen-bond donors (Lipinski definition) is 2. The first-order chi connectivity index (χ1) is 12.4. The predicted octanol–water partition coefficient (Wildman–Crippen LogP) is 2.06. The zero-order chi connectivity index (χ0) is 18.7. The lowest BCUT2D eigenvalue weighted by atomic mass is 9.82. The Morgan fingerprint density at radius 1 is 1.23 bits per heavy atom. The van der Waals surface area contributed by atoms with Gasteiger partial charge in [-0.25, -0.2) is 4.79 Å². The highest BCUT2D eigenvalue weighted by molar-refractivity contribution is 6.30. The molecule has 1 saturated carbocycles. The predicted molar refractivity (Wildman–Crippen MR) is 97.1 cm³/mol. The van der Waals surface area contributed by atoms with Crippen LogP contribution in [0, 0.1) is 0 Å². The standard InChI is InChI=1S/C18H23ClN4O3/c1-22(11-13-5-7-14(19)8-6-13)12-15(24)21-23-16(25)18(20-17(23)26)9-3-2-4-10-18/h5-8H,2-4,9-12H2,1H3,(H,20,26)(H,21,24). The van der Waals surface area contributed by atoms with Gasteiger partial charge in [0.15, 0.2) is 0 Å². The molecule has 3 rings (SSSR count). The van der Waals surface area contributed by atoms with Crippen molar-refractivity contribution in [2.24, 2.45) is 0 Å². The molecule has 0 radical (unpaired) electrons. The molecule has 1 aromatic rings. The summed E-state index contributed by atoms with van der Waals surface area (Å²) in [6, 6.07) is 6.82. The molecule has 8 heteroatoms. The van der Waals surface area contributed by atoms with E-state index in [4.69, 9.17) is 11.6 Å². The lowest BCUT2D eigenvalue weighted by Crippen LogP contribution is -2.52. The largest absolute Gasteiger partial charge is 0.344 e. The summed E-state index contributed by atoms with van der Waals surface area (Å²) in [6.07, 6.45) is 4.11. The highest BCUT2D eigenvalue weighted by Crippen LogP contribution is 2.32. The number of carbonyl (C=O) groups excluding carboxylic acids is 3. The molecule has 1 aliphatic carbocycles. The van der Waals surface area contributed by atoms with Gasteiger partial charge >= 0.3 is 6.03 Å². The first kappa shape index (κ1) is 18.7. The first-order valence-electron chi connectivity index (χ1n) is 8.79. The Bertz CT molecular complexity index is 701. The molecule has 0 unspecified atom stereocenters. The topological polar surface area (TPSA) is 81.8 Å². The van der Waals surface area contributed by atoms with Crippen LogP contribution in [0.4, 0.5) is 4.79 Å². The number of halogens is 1. The molecule has 140 valence electrons. The van der Waals surface area contributed by atoms with Gasteiger partial charge in [0.1, 0.15) is 5.54 Å². The minimum Gasteiger partial charge on any atom is -0.322 e. The summed E-state index contributed by atoms with van der Waals surface area (Å²) in [5, 5.41) is 4.26. The van der Waals surface area contributed by atoms with Crippen molar-refractivity contribution in [3.05, 3.63) is 34.9 Å². The van der Waals surface area contributed by atoms with E-state index in [0.717, 1.165) is 29.8 Å². The van der Waals surface area contributed by atoms with Crippen LogP contribution in [0.3, 0.4) is 0 Å². The fourth-order valence-electron chi connectivity index (χ4n) is 3.58. The molecule has 2 fully saturated rings.